The van der Waals surface area contributed by atoms with E-state index in [-0.39, 0.29) is 19.0 Å². The van der Waals surface area contributed by atoms with Crippen LogP contribution in [0.2, 0.25) is 5.02 Å². The molecule has 1 fully saturated rings. The Morgan fingerprint density at radius 2 is 1.72 bits per heavy atom. The third-order valence-electron chi connectivity index (χ3n) is 5.05. The molecule has 2 N–H and O–H groups in total. The van der Waals surface area contributed by atoms with Gasteiger partial charge in [0.2, 0.25) is 5.91 Å². The number of hydrogen-bond donors (Lipinski definition) is 2. The van der Waals surface area contributed by atoms with Crippen molar-refractivity contribution in [2.75, 3.05) is 26.2 Å². The topological polar surface area (TPSA) is 81.1 Å². The number of carbonyl (C=O) groups is 2. The monoisotopic (exact) mass is 368 g/mol. The van der Waals surface area contributed by atoms with Crippen LogP contribution in [0.5, 0.6) is 0 Å². The lowest BCUT2D eigenvalue weighted by Gasteiger charge is -2.40. The number of halogens is 1. The lowest BCUT2D eigenvalue weighted by Crippen LogP contribution is -2.54. The molecule has 0 aliphatic carbocycles. The highest BCUT2D eigenvalue weighted by atomic mass is 35.5. The first-order valence-corrected chi connectivity index (χ1v) is 8.94. The summed E-state index contributed by atoms with van der Waals surface area (Å²) in [4.78, 5) is 27.2. The molecule has 1 aliphatic heterocycles. The number of nitrogens with zero attached hydrogens (tertiary/aromatic N) is 2. The molecule has 7 heteroatoms. The van der Waals surface area contributed by atoms with Crippen LogP contribution in [0.1, 0.15) is 38.2 Å². The molecule has 1 unspecified atom stereocenters. The number of hydrogen-bond acceptors (Lipinski definition) is 3. The quantitative estimate of drug-likeness (QED) is 0.837. The van der Waals surface area contributed by atoms with E-state index in [2.05, 4.69) is 0 Å². The third kappa shape index (κ3) is 4.25. The van der Waals surface area contributed by atoms with E-state index < -0.39 is 17.6 Å². The van der Waals surface area contributed by atoms with Gasteiger partial charge in [-0.1, -0.05) is 37.6 Å². The molecule has 1 aromatic carbocycles. The molecular weight excluding hydrogens is 344 g/mol. The zero-order valence-corrected chi connectivity index (χ0v) is 15.4. The molecule has 1 heterocycles. The minimum Gasteiger partial charge on any atom is -0.465 e. The maximum Gasteiger partial charge on any atom is 0.407 e. The lowest BCUT2D eigenvalue weighted by molar-refractivity contribution is -0.141. The largest absolute Gasteiger partial charge is 0.465 e. The second-order valence-corrected chi connectivity index (χ2v) is 6.83. The van der Waals surface area contributed by atoms with Gasteiger partial charge in [0.05, 0.1) is 11.5 Å². The van der Waals surface area contributed by atoms with Crippen LogP contribution >= 0.6 is 11.6 Å². The predicted octanol–water partition coefficient (Wildman–Crippen LogP) is 2.80. The summed E-state index contributed by atoms with van der Waals surface area (Å²) in [6.07, 6.45) is -0.111. The molecule has 2 rings (SSSR count). The molecule has 1 aromatic rings. The van der Waals surface area contributed by atoms with Crippen LogP contribution in [-0.2, 0) is 4.79 Å². The van der Waals surface area contributed by atoms with Crippen LogP contribution in [0.3, 0.4) is 0 Å². The minimum absolute atomic E-state index is 0.182. The maximum atomic E-state index is 13.2. The van der Waals surface area contributed by atoms with E-state index >= 15 is 0 Å². The Kier molecular flexibility index (Phi) is 6.30. The van der Waals surface area contributed by atoms with Gasteiger partial charge in [-0.2, -0.15) is 0 Å². The van der Waals surface area contributed by atoms with Crippen LogP contribution < -0.4 is 0 Å². The van der Waals surface area contributed by atoms with Gasteiger partial charge in [0, 0.05) is 31.2 Å². The summed E-state index contributed by atoms with van der Waals surface area (Å²) in [5.41, 5.74) is -0.490. The fourth-order valence-corrected chi connectivity index (χ4v) is 3.53. The van der Waals surface area contributed by atoms with E-state index in [1.165, 1.54) is 4.90 Å². The number of amides is 2. The van der Waals surface area contributed by atoms with Gasteiger partial charge in [-0.3, -0.25) is 4.79 Å². The Labute approximate surface area is 153 Å². The highest BCUT2D eigenvalue weighted by Gasteiger charge is 2.42. The summed E-state index contributed by atoms with van der Waals surface area (Å²) < 4.78 is 0. The molecule has 1 aliphatic rings. The third-order valence-corrected chi connectivity index (χ3v) is 5.29. The Hall–Kier alpha value is -1.79. The van der Waals surface area contributed by atoms with E-state index in [4.69, 9.17) is 16.7 Å². The summed E-state index contributed by atoms with van der Waals surface area (Å²) in [6, 6.07) is 7.02. The molecule has 0 bridgehead atoms. The fraction of sp³-hybridized carbons (Fsp3) is 0.556. The van der Waals surface area contributed by atoms with Crippen LogP contribution in [0.4, 0.5) is 4.79 Å². The number of aliphatic hydroxyl groups is 1. The molecule has 138 valence electrons. The van der Waals surface area contributed by atoms with E-state index in [9.17, 15) is 14.7 Å². The number of rotatable bonds is 5. The summed E-state index contributed by atoms with van der Waals surface area (Å²) in [6.45, 7) is 4.92. The molecule has 1 saturated heterocycles. The molecular formula is C18H25ClN2O4. The number of piperazine rings is 1. The smallest absolute Gasteiger partial charge is 0.407 e. The minimum atomic E-state index is -1.17. The van der Waals surface area contributed by atoms with Crippen molar-refractivity contribution < 1.29 is 19.8 Å². The lowest BCUT2D eigenvalue weighted by atomic mass is 9.77. The van der Waals surface area contributed by atoms with E-state index in [1.54, 1.807) is 29.2 Å². The average Bonchev–Trinajstić information content (AvgIpc) is 2.61. The second kappa shape index (κ2) is 8.06. The molecule has 0 radical (unpaired) electrons. The summed E-state index contributed by atoms with van der Waals surface area (Å²) in [7, 11) is 0. The van der Waals surface area contributed by atoms with Crippen molar-refractivity contribution in [1.82, 2.24) is 9.80 Å². The van der Waals surface area contributed by atoms with Gasteiger partial charge in [0.15, 0.2) is 0 Å². The Balaban J connectivity index is 2.30. The molecule has 0 spiro atoms. The van der Waals surface area contributed by atoms with Gasteiger partial charge in [-0.15, -0.1) is 0 Å². The molecule has 1 atom stereocenters. The van der Waals surface area contributed by atoms with Crippen molar-refractivity contribution in [2.45, 2.75) is 38.2 Å². The van der Waals surface area contributed by atoms with Gasteiger partial charge in [0.25, 0.3) is 0 Å². The van der Waals surface area contributed by atoms with E-state index in [0.717, 1.165) is 0 Å². The number of benzene rings is 1. The van der Waals surface area contributed by atoms with Crippen molar-refractivity contribution >= 4 is 23.6 Å². The van der Waals surface area contributed by atoms with E-state index in [0.29, 0.717) is 36.5 Å². The zero-order chi connectivity index (χ0) is 18.6. The van der Waals surface area contributed by atoms with Crippen LogP contribution in [0, 0.1) is 0 Å². The highest BCUT2D eigenvalue weighted by molar-refractivity contribution is 6.30. The SMILES string of the molecule is CCC(O)(CC)C(C(=O)N1CCN(C(=O)O)CC1)c1cccc(Cl)c1. The van der Waals surface area contributed by atoms with Crippen molar-refractivity contribution in [3.8, 4) is 0 Å². The average molecular weight is 369 g/mol. The summed E-state index contributed by atoms with van der Waals surface area (Å²) >= 11 is 6.09. The molecule has 25 heavy (non-hydrogen) atoms. The summed E-state index contributed by atoms with van der Waals surface area (Å²) in [5.74, 6) is -0.906. The van der Waals surface area contributed by atoms with Gasteiger partial charge >= 0.3 is 6.09 Å². The normalized spacial score (nSPS) is 16.6. The van der Waals surface area contributed by atoms with Crippen molar-refractivity contribution in [1.29, 1.82) is 0 Å². The Bertz CT molecular complexity index is 625. The predicted molar refractivity (Wildman–Crippen MR) is 95.9 cm³/mol. The molecule has 6 nitrogen and oxygen atoms in total. The van der Waals surface area contributed by atoms with Crippen LogP contribution in [-0.4, -0.2) is 63.8 Å². The summed E-state index contributed by atoms with van der Waals surface area (Å²) in [5, 5.41) is 20.6. The first-order valence-electron chi connectivity index (χ1n) is 8.57. The Morgan fingerprint density at radius 1 is 1.16 bits per heavy atom. The first-order chi connectivity index (χ1) is 11.8. The highest BCUT2D eigenvalue weighted by Crippen LogP contribution is 2.36. The first kappa shape index (κ1) is 19.5. The zero-order valence-electron chi connectivity index (χ0n) is 14.6. The maximum absolute atomic E-state index is 13.2. The second-order valence-electron chi connectivity index (χ2n) is 6.39. The van der Waals surface area contributed by atoms with Gasteiger partial charge in [-0.25, -0.2) is 4.79 Å². The molecule has 0 saturated carbocycles. The number of carboxylic acid groups (broad SMARTS) is 1. The van der Waals surface area contributed by atoms with Crippen molar-refractivity contribution in [3.05, 3.63) is 34.9 Å². The molecule has 0 aromatic heterocycles. The van der Waals surface area contributed by atoms with Crippen LogP contribution in [0.15, 0.2) is 24.3 Å². The van der Waals surface area contributed by atoms with Gasteiger partial charge in [-0.05, 0) is 30.5 Å². The molecule has 2 amide bonds. The van der Waals surface area contributed by atoms with Crippen molar-refractivity contribution in [2.24, 2.45) is 0 Å². The van der Waals surface area contributed by atoms with E-state index in [1.807, 2.05) is 13.8 Å². The van der Waals surface area contributed by atoms with Crippen molar-refractivity contribution in [3.63, 3.8) is 0 Å². The van der Waals surface area contributed by atoms with Crippen LogP contribution in [0.25, 0.3) is 0 Å². The standard InChI is InChI=1S/C18H25ClN2O4/c1-3-18(25,4-2)15(13-6-5-7-14(19)12-13)16(22)20-8-10-21(11-9-20)17(23)24/h5-7,12,15,25H,3-4,8-11H2,1-2H3,(H,23,24). The Morgan fingerprint density at radius 3 is 2.20 bits per heavy atom. The fourth-order valence-electron chi connectivity index (χ4n) is 3.33. The number of carbonyl (C=O) groups excluding carboxylic acids is 1. The van der Waals surface area contributed by atoms with Gasteiger partial charge in [0.1, 0.15) is 0 Å². The van der Waals surface area contributed by atoms with Gasteiger partial charge < -0.3 is 20.0 Å².